The highest BCUT2D eigenvalue weighted by Gasteiger charge is 2.11. The van der Waals surface area contributed by atoms with Gasteiger partial charge in [0.25, 0.3) is 5.91 Å². The number of aromatic nitrogens is 2. The Morgan fingerprint density at radius 2 is 1.88 bits per heavy atom. The van der Waals surface area contributed by atoms with Gasteiger partial charge in [-0.3, -0.25) is 4.79 Å². The monoisotopic (exact) mass is 352 g/mol. The summed E-state index contributed by atoms with van der Waals surface area (Å²) in [5.41, 5.74) is 6.42. The lowest BCUT2D eigenvalue weighted by atomic mass is 10.1. The minimum atomic E-state index is -0.144. The minimum Gasteiger partial charge on any atom is -0.319 e. The van der Waals surface area contributed by atoms with Gasteiger partial charge in [0.15, 0.2) is 5.16 Å². The summed E-state index contributed by atoms with van der Waals surface area (Å²) >= 11 is 1.42. The van der Waals surface area contributed by atoms with Crippen molar-refractivity contribution in [1.29, 1.82) is 0 Å². The van der Waals surface area contributed by atoms with E-state index in [1.165, 1.54) is 11.8 Å². The topological polar surface area (TPSA) is 59.3 Å². The van der Waals surface area contributed by atoms with Crippen LogP contribution in [0.3, 0.4) is 0 Å². The molecule has 0 saturated carbocycles. The first-order valence-electron chi connectivity index (χ1n) is 8.15. The van der Waals surface area contributed by atoms with Crippen molar-refractivity contribution in [3.63, 3.8) is 0 Å². The number of carbonyl (C=O) groups is 1. The quantitative estimate of drug-likeness (QED) is 0.418. The molecule has 5 nitrogen and oxygen atoms in total. The number of imidazole rings is 1. The molecular formula is C19H20N4OS. The van der Waals surface area contributed by atoms with Crippen molar-refractivity contribution in [2.45, 2.75) is 25.5 Å². The van der Waals surface area contributed by atoms with Gasteiger partial charge in [-0.2, -0.15) is 5.10 Å². The molecule has 3 aromatic rings. The molecule has 25 heavy (non-hydrogen) atoms. The Balaban J connectivity index is 1.63. The zero-order chi connectivity index (χ0) is 17.6. The second-order valence-corrected chi connectivity index (χ2v) is 6.46. The smallest absolute Gasteiger partial charge is 0.250 e. The van der Waals surface area contributed by atoms with Crippen molar-refractivity contribution in [2.24, 2.45) is 5.10 Å². The number of carbonyl (C=O) groups excluding carboxylic acids is 1. The molecule has 0 aliphatic rings. The predicted molar refractivity (Wildman–Crippen MR) is 103 cm³/mol. The number of hydrogen-bond donors (Lipinski definition) is 1. The first kappa shape index (κ1) is 17.2. The van der Waals surface area contributed by atoms with E-state index in [4.69, 9.17) is 0 Å². The second-order valence-electron chi connectivity index (χ2n) is 5.51. The molecule has 6 heteroatoms. The Morgan fingerprint density at radius 3 is 2.64 bits per heavy atom. The molecule has 2 aromatic carbocycles. The van der Waals surface area contributed by atoms with E-state index in [1.54, 1.807) is 0 Å². The molecule has 0 aliphatic carbocycles. The van der Waals surface area contributed by atoms with Crippen molar-refractivity contribution in [2.75, 3.05) is 5.75 Å². The number of thioether (sulfide) groups is 1. The van der Waals surface area contributed by atoms with Gasteiger partial charge >= 0.3 is 0 Å². The number of hydrazone groups is 1. The summed E-state index contributed by atoms with van der Waals surface area (Å²) in [5.74, 6) is 0.129. The van der Waals surface area contributed by atoms with Gasteiger partial charge in [-0.25, -0.2) is 10.4 Å². The maximum Gasteiger partial charge on any atom is 0.250 e. The van der Waals surface area contributed by atoms with Crippen LogP contribution in [0.15, 0.2) is 64.9 Å². The largest absolute Gasteiger partial charge is 0.319 e. The molecule has 0 spiro atoms. The highest BCUT2D eigenvalue weighted by Crippen LogP contribution is 2.23. The van der Waals surface area contributed by atoms with Crippen LogP contribution >= 0.6 is 11.8 Å². The van der Waals surface area contributed by atoms with Crippen LogP contribution in [0, 0.1) is 0 Å². The van der Waals surface area contributed by atoms with Crippen LogP contribution in [0.1, 0.15) is 19.4 Å². The number of nitrogens with one attached hydrogen (secondary N) is 1. The number of rotatable bonds is 6. The third-order valence-corrected chi connectivity index (χ3v) is 4.78. The van der Waals surface area contributed by atoms with E-state index in [-0.39, 0.29) is 11.7 Å². The lowest BCUT2D eigenvalue weighted by Gasteiger charge is -2.05. The fourth-order valence-electron chi connectivity index (χ4n) is 2.52. The Bertz CT molecular complexity index is 902. The number of fused-ring (bicyclic) bond motifs is 1. The lowest BCUT2D eigenvalue weighted by molar-refractivity contribution is -0.118. The highest BCUT2D eigenvalue weighted by atomic mass is 32.2. The zero-order valence-electron chi connectivity index (χ0n) is 14.3. The van der Waals surface area contributed by atoms with Crippen LogP contribution in [0.2, 0.25) is 0 Å². The Labute approximate surface area is 151 Å². The van der Waals surface area contributed by atoms with Gasteiger partial charge in [-0.15, -0.1) is 0 Å². The zero-order valence-corrected chi connectivity index (χ0v) is 15.1. The Morgan fingerprint density at radius 1 is 1.16 bits per heavy atom. The fraction of sp³-hybridized carbons (Fsp3) is 0.211. The number of hydrogen-bond acceptors (Lipinski definition) is 4. The molecule has 1 amide bonds. The molecule has 1 N–H and O–H groups in total. The molecular weight excluding hydrogens is 332 g/mol. The van der Waals surface area contributed by atoms with Gasteiger partial charge in [0, 0.05) is 6.54 Å². The Hall–Kier alpha value is -2.60. The number of para-hydroxylation sites is 2. The van der Waals surface area contributed by atoms with Gasteiger partial charge in [0.2, 0.25) is 0 Å². The van der Waals surface area contributed by atoms with E-state index < -0.39 is 0 Å². The molecule has 0 saturated heterocycles. The third-order valence-electron chi connectivity index (χ3n) is 3.81. The van der Waals surface area contributed by atoms with Crippen molar-refractivity contribution in [3.05, 3.63) is 60.2 Å². The average Bonchev–Trinajstić information content (AvgIpc) is 3.02. The highest BCUT2D eigenvalue weighted by molar-refractivity contribution is 7.99. The first-order valence-corrected chi connectivity index (χ1v) is 9.14. The predicted octanol–water partition coefficient (Wildman–Crippen LogP) is 3.69. The molecule has 1 heterocycles. The van der Waals surface area contributed by atoms with Gasteiger partial charge in [0.1, 0.15) is 0 Å². The molecule has 0 bridgehead atoms. The summed E-state index contributed by atoms with van der Waals surface area (Å²) < 4.78 is 2.12. The normalized spacial score (nSPS) is 11.7. The minimum absolute atomic E-state index is 0.144. The van der Waals surface area contributed by atoms with Crippen LogP contribution in [-0.2, 0) is 11.3 Å². The molecule has 0 aliphatic heterocycles. The van der Waals surface area contributed by atoms with Gasteiger partial charge in [0.05, 0.1) is 22.5 Å². The van der Waals surface area contributed by atoms with Crippen molar-refractivity contribution in [3.8, 4) is 0 Å². The third kappa shape index (κ3) is 4.09. The van der Waals surface area contributed by atoms with E-state index in [0.717, 1.165) is 34.0 Å². The van der Waals surface area contributed by atoms with E-state index >= 15 is 0 Å². The summed E-state index contributed by atoms with van der Waals surface area (Å²) in [4.78, 5) is 16.7. The van der Waals surface area contributed by atoms with Crippen molar-refractivity contribution >= 4 is 34.4 Å². The molecule has 0 atom stereocenters. The molecule has 128 valence electrons. The van der Waals surface area contributed by atoms with Crippen LogP contribution in [0.5, 0.6) is 0 Å². The summed E-state index contributed by atoms with van der Waals surface area (Å²) in [6.45, 7) is 4.76. The van der Waals surface area contributed by atoms with Crippen LogP contribution < -0.4 is 5.43 Å². The van der Waals surface area contributed by atoms with E-state index in [0.29, 0.717) is 0 Å². The molecule has 3 rings (SSSR count). The molecule has 0 radical (unpaired) electrons. The summed E-state index contributed by atoms with van der Waals surface area (Å²) in [5, 5.41) is 5.02. The maximum atomic E-state index is 12.1. The second kappa shape index (κ2) is 7.98. The van der Waals surface area contributed by atoms with Gasteiger partial charge in [-0.05, 0) is 31.5 Å². The Kier molecular flexibility index (Phi) is 5.50. The summed E-state index contributed by atoms with van der Waals surface area (Å²) in [6, 6.07) is 17.8. The molecule has 0 unspecified atom stereocenters. The van der Waals surface area contributed by atoms with E-state index in [2.05, 4.69) is 27.0 Å². The van der Waals surface area contributed by atoms with Gasteiger partial charge < -0.3 is 4.57 Å². The van der Waals surface area contributed by atoms with E-state index in [1.807, 2.05) is 61.5 Å². The van der Waals surface area contributed by atoms with Crippen molar-refractivity contribution < 1.29 is 4.79 Å². The lowest BCUT2D eigenvalue weighted by Crippen LogP contribution is -2.21. The number of nitrogens with zero attached hydrogens (tertiary/aromatic N) is 3. The SMILES string of the molecule is CCn1c(SCC(=O)NN=C(C)c2ccccc2)nc2ccccc21. The van der Waals surface area contributed by atoms with Crippen LogP contribution in [0.4, 0.5) is 0 Å². The summed E-state index contributed by atoms with van der Waals surface area (Å²) in [7, 11) is 0. The summed E-state index contributed by atoms with van der Waals surface area (Å²) in [6.07, 6.45) is 0. The number of aryl methyl sites for hydroxylation is 1. The maximum absolute atomic E-state index is 12.1. The number of benzene rings is 2. The van der Waals surface area contributed by atoms with E-state index in [9.17, 15) is 4.79 Å². The van der Waals surface area contributed by atoms with Crippen LogP contribution in [0.25, 0.3) is 11.0 Å². The standard InChI is InChI=1S/C19H20N4OS/c1-3-23-17-12-8-7-11-16(17)20-19(23)25-13-18(24)22-21-14(2)15-9-5-4-6-10-15/h4-12H,3,13H2,1-2H3,(H,22,24). The molecule has 1 aromatic heterocycles. The molecule has 0 fully saturated rings. The number of amides is 1. The fourth-order valence-corrected chi connectivity index (χ4v) is 3.39. The average molecular weight is 352 g/mol. The first-order chi connectivity index (χ1) is 12.2. The van der Waals surface area contributed by atoms with Crippen molar-refractivity contribution in [1.82, 2.24) is 15.0 Å². The van der Waals surface area contributed by atoms with Gasteiger partial charge in [-0.1, -0.05) is 54.2 Å². The van der Waals surface area contributed by atoms with Crippen LogP contribution in [-0.4, -0.2) is 26.9 Å².